The first-order valence-electron chi connectivity index (χ1n) is 12.0. The molecule has 1 aliphatic heterocycles. The summed E-state index contributed by atoms with van der Waals surface area (Å²) in [6, 6.07) is 11.0. The summed E-state index contributed by atoms with van der Waals surface area (Å²) in [6.07, 6.45) is 2.02. The maximum Gasteiger partial charge on any atom is 0.129 e. The molecule has 33 heavy (non-hydrogen) atoms. The van der Waals surface area contributed by atoms with E-state index in [-0.39, 0.29) is 11.3 Å². The molecule has 0 spiro atoms. The summed E-state index contributed by atoms with van der Waals surface area (Å²) >= 11 is 0. The minimum absolute atomic E-state index is 0.0517. The molecular formula is C27H37N5O. The van der Waals surface area contributed by atoms with Gasteiger partial charge in [0.2, 0.25) is 0 Å². The van der Waals surface area contributed by atoms with Gasteiger partial charge in [-0.3, -0.25) is 4.68 Å². The van der Waals surface area contributed by atoms with Crippen molar-refractivity contribution in [2.24, 2.45) is 0 Å². The van der Waals surface area contributed by atoms with Crippen molar-refractivity contribution >= 4 is 5.82 Å². The quantitative estimate of drug-likeness (QED) is 0.541. The third-order valence-corrected chi connectivity index (χ3v) is 7.24. The maximum absolute atomic E-state index is 5.71. The van der Waals surface area contributed by atoms with Gasteiger partial charge in [0, 0.05) is 49.4 Å². The first-order valence-corrected chi connectivity index (χ1v) is 12.0. The van der Waals surface area contributed by atoms with Gasteiger partial charge < -0.3 is 10.1 Å². The van der Waals surface area contributed by atoms with Crippen molar-refractivity contribution in [3.63, 3.8) is 0 Å². The third kappa shape index (κ3) is 5.11. The van der Waals surface area contributed by atoms with Gasteiger partial charge in [-0.15, -0.1) is 0 Å². The van der Waals surface area contributed by atoms with Crippen LogP contribution in [0.4, 0.5) is 5.82 Å². The normalized spacial score (nSPS) is 16.5. The molecule has 1 fully saturated rings. The Balaban J connectivity index is 1.54. The molecule has 0 radical (unpaired) electrons. The first kappa shape index (κ1) is 23.4. The van der Waals surface area contributed by atoms with Gasteiger partial charge in [-0.05, 0) is 58.6 Å². The number of rotatable bonds is 7. The van der Waals surface area contributed by atoms with Crippen LogP contribution in [0.5, 0.6) is 0 Å². The van der Waals surface area contributed by atoms with Crippen LogP contribution in [0.25, 0.3) is 0 Å². The van der Waals surface area contributed by atoms with Crippen molar-refractivity contribution in [2.75, 3.05) is 25.1 Å². The van der Waals surface area contributed by atoms with Crippen molar-refractivity contribution in [3.8, 4) is 0 Å². The summed E-state index contributed by atoms with van der Waals surface area (Å²) < 4.78 is 7.82. The molecule has 1 aliphatic rings. The SMILES string of the molecule is Cc1cccc(C2(CNc3cc([C@@H](C)Cn4nc(C)c(C)c4C)nc(C)n3)CCOCC2)c1. The van der Waals surface area contributed by atoms with Crippen LogP contribution in [0.15, 0.2) is 30.3 Å². The second-order valence-corrected chi connectivity index (χ2v) is 9.72. The largest absolute Gasteiger partial charge is 0.381 e. The number of nitrogens with zero attached hydrogens (tertiary/aromatic N) is 4. The van der Waals surface area contributed by atoms with Crippen molar-refractivity contribution in [2.45, 2.75) is 72.3 Å². The number of ether oxygens (including phenoxy) is 1. The van der Waals surface area contributed by atoms with Gasteiger partial charge in [0.15, 0.2) is 0 Å². The minimum Gasteiger partial charge on any atom is -0.381 e. The summed E-state index contributed by atoms with van der Waals surface area (Å²) in [5.41, 5.74) is 7.37. The smallest absolute Gasteiger partial charge is 0.129 e. The van der Waals surface area contributed by atoms with Gasteiger partial charge in [0.05, 0.1) is 11.4 Å². The zero-order chi connectivity index (χ0) is 23.6. The minimum atomic E-state index is 0.0517. The molecule has 2 aromatic heterocycles. The molecule has 1 aromatic carbocycles. The van der Waals surface area contributed by atoms with E-state index < -0.39 is 0 Å². The van der Waals surface area contributed by atoms with Crippen LogP contribution >= 0.6 is 0 Å². The topological polar surface area (TPSA) is 64.9 Å². The molecule has 0 unspecified atom stereocenters. The Morgan fingerprint density at radius 3 is 2.48 bits per heavy atom. The third-order valence-electron chi connectivity index (χ3n) is 7.24. The van der Waals surface area contributed by atoms with Crippen molar-refractivity contribution in [1.82, 2.24) is 19.7 Å². The van der Waals surface area contributed by atoms with E-state index in [0.717, 1.165) is 62.2 Å². The first-order chi connectivity index (χ1) is 15.8. The predicted octanol–water partition coefficient (Wildman–Crippen LogP) is 5.18. The van der Waals surface area contributed by atoms with E-state index in [0.29, 0.717) is 0 Å². The lowest BCUT2D eigenvalue weighted by atomic mass is 9.73. The zero-order valence-corrected chi connectivity index (χ0v) is 20.9. The Bertz CT molecular complexity index is 1110. The summed E-state index contributed by atoms with van der Waals surface area (Å²) in [5.74, 6) is 1.92. The van der Waals surface area contributed by atoms with Crippen LogP contribution in [0.3, 0.4) is 0 Å². The predicted molar refractivity (Wildman–Crippen MR) is 133 cm³/mol. The Labute approximate surface area is 197 Å². The average Bonchev–Trinajstić information content (AvgIpc) is 3.04. The van der Waals surface area contributed by atoms with E-state index in [2.05, 4.69) is 74.9 Å². The number of benzene rings is 1. The van der Waals surface area contributed by atoms with Crippen molar-refractivity contribution in [1.29, 1.82) is 0 Å². The number of hydrogen-bond acceptors (Lipinski definition) is 5. The number of hydrogen-bond donors (Lipinski definition) is 1. The van der Waals surface area contributed by atoms with Gasteiger partial charge in [0.1, 0.15) is 11.6 Å². The van der Waals surface area contributed by atoms with Gasteiger partial charge in [-0.25, -0.2) is 9.97 Å². The Hall–Kier alpha value is -2.73. The molecule has 3 aromatic rings. The maximum atomic E-state index is 5.71. The van der Waals surface area contributed by atoms with Crippen LogP contribution < -0.4 is 5.32 Å². The monoisotopic (exact) mass is 447 g/mol. The van der Waals surface area contributed by atoms with Crippen LogP contribution in [-0.4, -0.2) is 39.5 Å². The highest BCUT2D eigenvalue weighted by Gasteiger charge is 2.34. The van der Waals surface area contributed by atoms with E-state index in [1.807, 2.05) is 6.92 Å². The molecule has 0 saturated carbocycles. The molecule has 0 aliphatic carbocycles. The zero-order valence-electron chi connectivity index (χ0n) is 20.9. The van der Waals surface area contributed by atoms with Crippen molar-refractivity contribution < 1.29 is 4.74 Å². The number of aromatic nitrogens is 4. The molecule has 1 N–H and O–H groups in total. The van der Waals surface area contributed by atoms with Crippen LogP contribution in [0.1, 0.15) is 65.3 Å². The highest BCUT2D eigenvalue weighted by molar-refractivity contribution is 5.40. The second-order valence-electron chi connectivity index (χ2n) is 9.72. The second kappa shape index (κ2) is 9.64. The lowest BCUT2D eigenvalue weighted by molar-refractivity contribution is 0.0543. The molecule has 3 heterocycles. The highest BCUT2D eigenvalue weighted by atomic mass is 16.5. The van der Waals surface area contributed by atoms with Gasteiger partial charge in [-0.1, -0.05) is 36.8 Å². The lowest BCUT2D eigenvalue weighted by Gasteiger charge is -2.38. The number of nitrogens with one attached hydrogen (secondary N) is 1. The van der Waals surface area contributed by atoms with E-state index in [1.54, 1.807) is 0 Å². The highest BCUT2D eigenvalue weighted by Crippen LogP contribution is 2.35. The number of aryl methyl sites for hydroxylation is 3. The van der Waals surface area contributed by atoms with Crippen molar-refractivity contribution in [3.05, 3.63) is 69.9 Å². The van der Waals surface area contributed by atoms with E-state index in [9.17, 15) is 0 Å². The molecule has 1 saturated heterocycles. The van der Waals surface area contributed by atoms with Crippen LogP contribution in [0.2, 0.25) is 0 Å². The Morgan fingerprint density at radius 2 is 1.82 bits per heavy atom. The molecule has 1 atom stereocenters. The van der Waals surface area contributed by atoms with Crippen LogP contribution in [-0.2, 0) is 16.7 Å². The summed E-state index contributed by atoms with van der Waals surface area (Å²) in [6.45, 7) is 15.9. The molecule has 176 valence electrons. The van der Waals surface area contributed by atoms with Gasteiger partial charge in [0.25, 0.3) is 0 Å². The molecule has 6 nitrogen and oxygen atoms in total. The molecule has 4 rings (SSSR count). The summed E-state index contributed by atoms with van der Waals surface area (Å²) in [4.78, 5) is 9.47. The fraction of sp³-hybridized carbons (Fsp3) is 0.519. The average molecular weight is 448 g/mol. The van der Waals surface area contributed by atoms with Gasteiger partial charge >= 0.3 is 0 Å². The summed E-state index contributed by atoms with van der Waals surface area (Å²) in [7, 11) is 0. The molecule has 6 heteroatoms. The fourth-order valence-corrected chi connectivity index (χ4v) is 4.82. The Kier molecular flexibility index (Phi) is 6.84. The summed E-state index contributed by atoms with van der Waals surface area (Å²) in [5, 5.41) is 8.38. The Morgan fingerprint density at radius 1 is 1.06 bits per heavy atom. The lowest BCUT2D eigenvalue weighted by Crippen LogP contribution is -2.40. The standard InChI is InChI=1S/C27H37N5O/c1-18-8-7-9-24(14-18)27(10-12-33-13-11-27)17-28-26-15-25(29-23(6)30-26)19(2)16-32-22(5)20(3)21(4)31-32/h7-9,14-15,19H,10-13,16-17H2,1-6H3,(H,28,29,30)/t19-/m0/s1. The molecular weight excluding hydrogens is 410 g/mol. The molecule has 0 amide bonds. The van der Waals surface area contributed by atoms with Crippen LogP contribution in [0, 0.1) is 34.6 Å². The van der Waals surface area contributed by atoms with E-state index in [1.165, 1.54) is 22.4 Å². The van der Waals surface area contributed by atoms with Gasteiger partial charge in [-0.2, -0.15) is 5.10 Å². The fourth-order valence-electron chi connectivity index (χ4n) is 4.82. The van der Waals surface area contributed by atoms with E-state index in [4.69, 9.17) is 19.8 Å². The number of anilines is 1. The van der Waals surface area contributed by atoms with E-state index >= 15 is 0 Å². The molecule has 0 bridgehead atoms.